The van der Waals surface area contributed by atoms with E-state index in [-0.39, 0.29) is 5.41 Å². The molecule has 7 aromatic carbocycles. The van der Waals surface area contributed by atoms with Crippen molar-refractivity contribution in [2.24, 2.45) is 0 Å². The maximum Gasteiger partial charge on any atom is 0.0541 e. The topological polar surface area (TPSA) is 13.1 Å². The SMILES string of the molecule is CC(C)(C)c1ccc(N(c2ccc(-n3c4ccccc4c4ccccc43)cc2)c2ccc(-n3c4ccccc4c4ccccc43)cc2)cc1. The lowest BCUT2D eigenvalue weighted by atomic mass is 9.87. The fourth-order valence-corrected chi connectivity index (χ4v) is 7.46. The summed E-state index contributed by atoms with van der Waals surface area (Å²) in [5, 5.41) is 5.08. The van der Waals surface area contributed by atoms with E-state index in [0.717, 1.165) is 28.4 Å². The lowest BCUT2D eigenvalue weighted by Gasteiger charge is -2.27. The second kappa shape index (κ2) is 11.3. The first-order valence-electron chi connectivity index (χ1n) is 17.0. The first kappa shape index (κ1) is 29.1. The van der Waals surface area contributed by atoms with Crippen molar-refractivity contribution in [2.45, 2.75) is 26.2 Å². The Balaban J connectivity index is 1.16. The van der Waals surface area contributed by atoms with E-state index in [1.165, 1.54) is 49.2 Å². The highest BCUT2D eigenvalue weighted by atomic mass is 15.1. The summed E-state index contributed by atoms with van der Waals surface area (Å²) < 4.78 is 4.74. The van der Waals surface area contributed by atoms with E-state index in [1.54, 1.807) is 0 Å². The molecule has 0 atom stereocenters. The van der Waals surface area contributed by atoms with Crippen LogP contribution in [0.3, 0.4) is 0 Å². The Hall–Kier alpha value is -6.06. The van der Waals surface area contributed by atoms with E-state index in [2.05, 4.69) is 205 Å². The Bertz CT molecular complexity index is 2350. The van der Waals surface area contributed by atoms with Crippen LogP contribution in [0.15, 0.2) is 170 Å². The van der Waals surface area contributed by atoms with Crippen LogP contribution in [-0.4, -0.2) is 9.13 Å². The van der Waals surface area contributed by atoms with Crippen LogP contribution in [0, 0.1) is 0 Å². The third-order valence-electron chi connectivity index (χ3n) is 9.88. The van der Waals surface area contributed by atoms with Gasteiger partial charge in [0, 0.05) is 50.0 Å². The van der Waals surface area contributed by atoms with E-state index in [4.69, 9.17) is 0 Å². The van der Waals surface area contributed by atoms with Gasteiger partial charge in [-0.2, -0.15) is 0 Å². The first-order valence-corrected chi connectivity index (χ1v) is 17.0. The Kier molecular flexibility index (Phi) is 6.70. The summed E-state index contributed by atoms with van der Waals surface area (Å²) in [4.78, 5) is 2.36. The molecular weight excluding hydrogens is 595 g/mol. The molecule has 0 unspecified atom stereocenters. The minimum atomic E-state index is 0.0806. The van der Waals surface area contributed by atoms with Crippen molar-refractivity contribution in [1.29, 1.82) is 0 Å². The number of hydrogen-bond acceptors (Lipinski definition) is 1. The van der Waals surface area contributed by atoms with Gasteiger partial charge in [0.15, 0.2) is 0 Å². The molecule has 0 saturated heterocycles. The van der Waals surface area contributed by atoms with E-state index >= 15 is 0 Å². The zero-order valence-electron chi connectivity index (χ0n) is 28.0. The van der Waals surface area contributed by atoms with Crippen LogP contribution in [0.25, 0.3) is 55.0 Å². The molecule has 0 fully saturated rings. The van der Waals surface area contributed by atoms with Crippen molar-refractivity contribution in [2.75, 3.05) is 4.90 Å². The lowest BCUT2D eigenvalue weighted by Crippen LogP contribution is -2.13. The summed E-state index contributed by atoms with van der Waals surface area (Å²) in [6.45, 7) is 6.79. The molecule has 0 N–H and O–H groups in total. The van der Waals surface area contributed by atoms with Gasteiger partial charge in [0.25, 0.3) is 0 Å². The van der Waals surface area contributed by atoms with Crippen molar-refractivity contribution in [3.63, 3.8) is 0 Å². The molecular formula is C46H37N3. The highest BCUT2D eigenvalue weighted by Gasteiger charge is 2.18. The first-order chi connectivity index (χ1) is 24.0. The van der Waals surface area contributed by atoms with Crippen LogP contribution >= 0.6 is 0 Å². The molecule has 49 heavy (non-hydrogen) atoms. The van der Waals surface area contributed by atoms with Crippen molar-refractivity contribution < 1.29 is 0 Å². The molecule has 3 heteroatoms. The van der Waals surface area contributed by atoms with Crippen molar-refractivity contribution >= 4 is 60.7 Å². The van der Waals surface area contributed by atoms with Gasteiger partial charge in [0.1, 0.15) is 0 Å². The van der Waals surface area contributed by atoms with Crippen molar-refractivity contribution in [3.8, 4) is 11.4 Å². The van der Waals surface area contributed by atoms with Crippen LogP contribution < -0.4 is 4.90 Å². The van der Waals surface area contributed by atoms with E-state index < -0.39 is 0 Å². The third kappa shape index (κ3) is 4.81. The quantitative estimate of drug-likeness (QED) is 0.184. The number of rotatable bonds is 5. The number of hydrogen-bond donors (Lipinski definition) is 0. The number of fused-ring (bicyclic) bond motifs is 6. The molecule has 0 bridgehead atoms. The molecule has 0 saturated carbocycles. The summed E-state index contributed by atoms with van der Waals surface area (Å²) >= 11 is 0. The zero-order valence-corrected chi connectivity index (χ0v) is 28.0. The Morgan fingerprint density at radius 3 is 0.939 bits per heavy atom. The van der Waals surface area contributed by atoms with Crippen LogP contribution in [-0.2, 0) is 5.41 Å². The molecule has 2 aromatic heterocycles. The average Bonchev–Trinajstić information content (AvgIpc) is 3.66. The van der Waals surface area contributed by atoms with Gasteiger partial charge in [0.05, 0.1) is 22.1 Å². The number of anilines is 3. The minimum absolute atomic E-state index is 0.0806. The van der Waals surface area contributed by atoms with Crippen molar-refractivity contribution in [1.82, 2.24) is 9.13 Å². The zero-order chi connectivity index (χ0) is 33.1. The maximum atomic E-state index is 2.37. The minimum Gasteiger partial charge on any atom is -0.311 e. The molecule has 0 aliphatic carbocycles. The molecule has 3 nitrogen and oxygen atoms in total. The Morgan fingerprint density at radius 1 is 0.347 bits per heavy atom. The molecule has 9 rings (SSSR count). The number of nitrogens with zero attached hydrogens (tertiary/aromatic N) is 3. The summed E-state index contributed by atoms with van der Waals surface area (Å²) in [7, 11) is 0. The van der Waals surface area contributed by atoms with Gasteiger partial charge in [0.2, 0.25) is 0 Å². The Labute approximate surface area is 286 Å². The lowest BCUT2D eigenvalue weighted by molar-refractivity contribution is 0.590. The molecule has 236 valence electrons. The Morgan fingerprint density at radius 2 is 0.633 bits per heavy atom. The fraction of sp³-hybridized carbons (Fsp3) is 0.0870. The maximum absolute atomic E-state index is 2.37. The highest BCUT2D eigenvalue weighted by molar-refractivity contribution is 6.10. The molecule has 0 aliphatic heterocycles. The second-order valence-corrected chi connectivity index (χ2v) is 13.9. The number of para-hydroxylation sites is 4. The monoisotopic (exact) mass is 631 g/mol. The smallest absolute Gasteiger partial charge is 0.0541 e. The highest BCUT2D eigenvalue weighted by Crippen LogP contribution is 2.39. The van der Waals surface area contributed by atoms with Gasteiger partial charge in [-0.3, -0.25) is 0 Å². The largest absolute Gasteiger partial charge is 0.311 e. The van der Waals surface area contributed by atoms with Gasteiger partial charge in [-0.05, 0) is 95.9 Å². The third-order valence-corrected chi connectivity index (χ3v) is 9.88. The molecule has 2 heterocycles. The van der Waals surface area contributed by atoms with Crippen LogP contribution in [0.4, 0.5) is 17.1 Å². The average molecular weight is 632 g/mol. The summed E-state index contributed by atoms with van der Waals surface area (Å²) in [6.07, 6.45) is 0. The fourth-order valence-electron chi connectivity index (χ4n) is 7.46. The van der Waals surface area contributed by atoms with Gasteiger partial charge >= 0.3 is 0 Å². The van der Waals surface area contributed by atoms with E-state index in [1.807, 2.05) is 0 Å². The number of aromatic nitrogens is 2. The van der Waals surface area contributed by atoms with Crippen LogP contribution in [0.2, 0.25) is 0 Å². The molecule has 0 aliphatic rings. The van der Waals surface area contributed by atoms with Gasteiger partial charge in [-0.15, -0.1) is 0 Å². The van der Waals surface area contributed by atoms with Crippen molar-refractivity contribution in [3.05, 3.63) is 175 Å². The predicted molar refractivity (Wildman–Crippen MR) is 209 cm³/mol. The van der Waals surface area contributed by atoms with E-state index in [0.29, 0.717) is 0 Å². The number of benzene rings is 7. The predicted octanol–water partition coefficient (Wildman–Crippen LogP) is 12.6. The molecule has 0 amide bonds. The van der Waals surface area contributed by atoms with E-state index in [9.17, 15) is 0 Å². The summed E-state index contributed by atoms with van der Waals surface area (Å²) in [5.74, 6) is 0. The molecule has 0 spiro atoms. The molecule has 9 aromatic rings. The second-order valence-electron chi connectivity index (χ2n) is 13.9. The van der Waals surface area contributed by atoms with Crippen LogP contribution in [0.1, 0.15) is 26.3 Å². The van der Waals surface area contributed by atoms with Crippen LogP contribution in [0.5, 0.6) is 0 Å². The summed E-state index contributed by atoms with van der Waals surface area (Å²) in [5.41, 5.74) is 11.9. The van der Waals surface area contributed by atoms with Gasteiger partial charge in [-0.1, -0.05) is 106 Å². The molecule has 0 radical (unpaired) electrons. The van der Waals surface area contributed by atoms with Gasteiger partial charge in [-0.25, -0.2) is 0 Å². The summed E-state index contributed by atoms with van der Waals surface area (Å²) in [6, 6.07) is 61.7. The normalized spacial score (nSPS) is 12.0. The van der Waals surface area contributed by atoms with Gasteiger partial charge < -0.3 is 14.0 Å². The standard InChI is InChI=1S/C46H37N3/c1-46(2,3)32-20-22-33(23-21-32)47(34-24-28-36(29-25-34)48-42-16-8-4-12-38(42)39-13-5-9-17-43(39)48)35-26-30-37(31-27-35)49-44-18-10-6-14-40(44)41-15-7-11-19-45(41)49/h4-31H,1-3H3.